The Labute approximate surface area is 114 Å². The molecule has 7 heteroatoms. The van der Waals surface area contributed by atoms with Crippen LogP contribution in [0.15, 0.2) is 5.10 Å². The number of carbonyl (C=O) groups excluding carboxylic acids is 1. The van der Waals surface area contributed by atoms with Gasteiger partial charge in [-0.25, -0.2) is 0 Å². The Morgan fingerprint density at radius 1 is 1.40 bits per heavy atom. The third-order valence-corrected chi connectivity index (χ3v) is 4.52. The Morgan fingerprint density at radius 3 is 2.60 bits per heavy atom. The van der Waals surface area contributed by atoms with E-state index in [9.17, 15) is 23.1 Å². The van der Waals surface area contributed by atoms with Gasteiger partial charge in [-0.15, -0.1) is 0 Å². The van der Waals surface area contributed by atoms with Gasteiger partial charge < -0.3 is 5.11 Å². The second-order valence-electron chi connectivity index (χ2n) is 6.17. The Morgan fingerprint density at radius 2 is 2.05 bits per heavy atom. The third-order valence-electron chi connectivity index (χ3n) is 4.52. The van der Waals surface area contributed by atoms with E-state index in [1.807, 2.05) is 6.92 Å². The fraction of sp³-hybridized carbons (Fsp3) is 0.846. The summed E-state index contributed by atoms with van der Waals surface area (Å²) in [5, 5.41) is 14.5. The molecule has 0 radical (unpaired) electrons. The number of amides is 1. The van der Waals surface area contributed by atoms with Gasteiger partial charge in [0.25, 0.3) is 5.72 Å². The summed E-state index contributed by atoms with van der Waals surface area (Å²) in [6.45, 7) is 1.86. The van der Waals surface area contributed by atoms with Crippen molar-refractivity contribution in [3.63, 3.8) is 0 Å². The van der Waals surface area contributed by atoms with Crippen LogP contribution < -0.4 is 0 Å². The molecule has 0 saturated heterocycles. The molecule has 4 nitrogen and oxygen atoms in total. The highest BCUT2D eigenvalue weighted by molar-refractivity contribution is 5.94. The van der Waals surface area contributed by atoms with Crippen LogP contribution in [-0.2, 0) is 4.79 Å². The maximum Gasteiger partial charge on any atom is 0.439 e. The molecule has 0 unspecified atom stereocenters. The summed E-state index contributed by atoms with van der Waals surface area (Å²) < 4.78 is 40.3. The minimum Gasteiger partial charge on any atom is -0.362 e. The van der Waals surface area contributed by atoms with Crippen molar-refractivity contribution in [2.45, 2.75) is 50.9 Å². The van der Waals surface area contributed by atoms with E-state index in [4.69, 9.17) is 0 Å². The quantitative estimate of drug-likeness (QED) is 0.805. The van der Waals surface area contributed by atoms with E-state index in [2.05, 4.69) is 5.10 Å². The van der Waals surface area contributed by atoms with Gasteiger partial charge in [-0.3, -0.25) is 4.79 Å². The number of aliphatic hydroxyl groups is 1. The standard InChI is InChI=1S/C13H17F3N2O2/c1-7-2-5-10-9(6-7)12(20,13(14,15)16)18(17-10)11(19)8-3-4-8/h7-9,20H,2-6H2,1H3/t7-,9+,12-/m1/s1. The van der Waals surface area contributed by atoms with Crippen LogP contribution in [0, 0.1) is 17.8 Å². The summed E-state index contributed by atoms with van der Waals surface area (Å²) in [6, 6.07) is 0. The van der Waals surface area contributed by atoms with Gasteiger partial charge in [0.05, 0.1) is 5.92 Å². The molecule has 0 spiro atoms. The topological polar surface area (TPSA) is 52.9 Å². The largest absolute Gasteiger partial charge is 0.439 e. The molecule has 1 heterocycles. The Balaban J connectivity index is 1.99. The maximum absolute atomic E-state index is 13.4. The van der Waals surface area contributed by atoms with Gasteiger partial charge >= 0.3 is 6.18 Å². The van der Waals surface area contributed by atoms with E-state index in [-0.39, 0.29) is 12.3 Å². The maximum atomic E-state index is 13.4. The summed E-state index contributed by atoms with van der Waals surface area (Å²) in [5.74, 6) is -2.14. The molecule has 3 atom stereocenters. The van der Waals surface area contributed by atoms with Crippen LogP contribution in [0.2, 0.25) is 0 Å². The fourth-order valence-corrected chi connectivity index (χ4v) is 3.13. The van der Waals surface area contributed by atoms with Crippen molar-refractivity contribution < 1.29 is 23.1 Å². The summed E-state index contributed by atoms with van der Waals surface area (Å²) in [6.07, 6.45) is -2.37. The number of carbonyl (C=O) groups is 1. The number of hydrogen-bond acceptors (Lipinski definition) is 3. The third kappa shape index (κ3) is 1.86. The van der Waals surface area contributed by atoms with Crippen molar-refractivity contribution in [2.75, 3.05) is 0 Å². The van der Waals surface area contributed by atoms with Gasteiger partial charge in [0.2, 0.25) is 5.91 Å². The molecular weight excluding hydrogens is 273 g/mol. The van der Waals surface area contributed by atoms with Crippen molar-refractivity contribution in [3.8, 4) is 0 Å². The van der Waals surface area contributed by atoms with E-state index < -0.39 is 29.6 Å². The second kappa shape index (κ2) is 4.19. The lowest BCUT2D eigenvalue weighted by atomic mass is 9.76. The minimum atomic E-state index is -4.90. The molecule has 112 valence electrons. The summed E-state index contributed by atoms with van der Waals surface area (Å²) in [4.78, 5) is 12.1. The Bertz CT molecular complexity index is 473. The molecule has 1 amide bonds. The predicted molar refractivity (Wildman–Crippen MR) is 64.5 cm³/mol. The normalized spacial score (nSPS) is 37.6. The molecular formula is C13H17F3N2O2. The van der Waals surface area contributed by atoms with Crippen molar-refractivity contribution in [1.82, 2.24) is 5.01 Å². The van der Waals surface area contributed by atoms with Crippen LogP contribution in [0.3, 0.4) is 0 Å². The first-order valence-electron chi connectivity index (χ1n) is 6.95. The van der Waals surface area contributed by atoms with Crippen LogP contribution in [0.1, 0.15) is 39.0 Å². The van der Waals surface area contributed by atoms with Crippen LogP contribution in [0.4, 0.5) is 13.2 Å². The lowest BCUT2D eigenvalue weighted by Crippen LogP contribution is -2.62. The summed E-state index contributed by atoms with van der Waals surface area (Å²) in [5.41, 5.74) is -2.84. The lowest BCUT2D eigenvalue weighted by molar-refractivity contribution is -0.318. The lowest BCUT2D eigenvalue weighted by Gasteiger charge is -2.39. The first-order chi connectivity index (χ1) is 9.25. The van der Waals surface area contributed by atoms with Gasteiger partial charge in [0, 0.05) is 11.6 Å². The van der Waals surface area contributed by atoms with E-state index in [0.29, 0.717) is 30.0 Å². The molecule has 0 aromatic carbocycles. The molecule has 2 aliphatic carbocycles. The highest BCUT2D eigenvalue weighted by Crippen LogP contribution is 2.50. The van der Waals surface area contributed by atoms with Crippen LogP contribution in [-0.4, -0.2) is 33.6 Å². The van der Waals surface area contributed by atoms with Crippen molar-refractivity contribution in [3.05, 3.63) is 0 Å². The molecule has 20 heavy (non-hydrogen) atoms. The Kier molecular flexibility index (Phi) is 2.90. The van der Waals surface area contributed by atoms with Gasteiger partial charge in [-0.2, -0.15) is 23.3 Å². The van der Waals surface area contributed by atoms with Crippen LogP contribution >= 0.6 is 0 Å². The van der Waals surface area contributed by atoms with Crippen LogP contribution in [0.25, 0.3) is 0 Å². The molecule has 0 aromatic heterocycles. The molecule has 0 aromatic rings. The van der Waals surface area contributed by atoms with Crippen molar-refractivity contribution >= 4 is 11.6 Å². The number of hydrazone groups is 1. The average Bonchev–Trinajstić information content (AvgIpc) is 3.14. The highest BCUT2D eigenvalue weighted by atomic mass is 19.4. The monoisotopic (exact) mass is 290 g/mol. The fourth-order valence-electron chi connectivity index (χ4n) is 3.13. The zero-order chi connectivity index (χ0) is 14.7. The second-order valence-corrected chi connectivity index (χ2v) is 6.17. The zero-order valence-corrected chi connectivity index (χ0v) is 11.2. The minimum absolute atomic E-state index is 0.0869. The molecule has 1 N–H and O–H groups in total. The van der Waals surface area contributed by atoms with Crippen molar-refractivity contribution in [2.24, 2.45) is 22.9 Å². The number of hydrogen-bond donors (Lipinski definition) is 1. The molecule has 2 fully saturated rings. The number of nitrogens with zero attached hydrogens (tertiary/aromatic N) is 2. The molecule has 3 rings (SSSR count). The molecule has 1 aliphatic heterocycles. The SMILES string of the molecule is C[C@@H]1CCC2=NN(C(=O)C3CC3)[C@](O)(C(F)(F)F)[C@H]2C1. The van der Waals surface area contributed by atoms with Crippen LogP contribution in [0.5, 0.6) is 0 Å². The van der Waals surface area contributed by atoms with E-state index >= 15 is 0 Å². The molecule has 0 bridgehead atoms. The zero-order valence-electron chi connectivity index (χ0n) is 11.2. The van der Waals surface area contributed by atoms with E-state index in [1.165, 1.54) is 0 Å². The molecule has 3 aliphatic rings. The first kappa shape index (κ1) is 13.9. The smallest absolute Gasteiger partial charge is 0.362 e. The Hall–Kier alpha value is -1.11. The van der Waals surface area contributed by atoms with Gasteiger partial charge in [0.15, 0.2) is 0 Å². The highest BCUT2D eigenvalue weighted by Gasteiger charge is 2.69. The number of halogens is 3. The summed E-state index contributed by atoms with van der Waals surface area (Å²) in [7, 11) is 0. The first-order valence-corrected chi connectivity index (χ1v) is 6.95. The van der Waals surface area contributed by atoms with E-state index in [1.54, 1.807) is 0 Å². The van der Waals surface area contributed by atoms with Crippen molar-refractivity contribution in [1.29, 1.82) is 0 Å². The van der Waals surface area contributed by atoms with Gasteiger partial charge in [0.1, 0.15) is 0 Å². The summed E-state index contributed by atoms with van der Waals surface area (Å²) >= 11 is 0. The average molecular weight is 290 g/mol. The predicted octanol–water partition coefficient (Wildman–Crippen LogP) is 2.28. The number of fused-ring (bicyclic) bond motifs is 1. The molecule has 2 saturated carbocycles. The van der Waals surface area contributed by atoms with E-state index in [0.717, 1.165) is 6.42 Å². The number of alkyl halides is 3. The van der Waals surface area contributed by atoms with Gasteiger partial charge in [-0.05, 0) is 38.0 Å². The van der Waals surface area contributed by atoms with Gasteiger partial charge in [-0.1, -0.05) is 6.92 Å². The number of rotatable bonds is 1.